The first-order valence-electron chi connectivity index (χ1n) is 10.3. The highest BCUT2D eigenvalue weighted by Gasteiger charge is 2.37. The monoisotopic (exact) mass is 470 g/mol. The van der Waals surface area contributed by atoms with Crippen LogP contribution in [0.2, 0.25) is 0 Å². The Morgan fingerprint density at radius 2 is 1.91 bits per heavy atom. The van der Waals surface area contributed by atoms with Gasteiger partial charge in [0.2, 0.25) is 5.95 Å². The molecule has 0 saturated carbocycles. The molecule has 2 aromatic carbocycles. The average molecular weight is 470 g/mol. The van der Waals surface area contributed by atoms with E-state index in [4.69, 9.17) is 5.73 Å². The number of anilines is 4. The lowest BCUT2D eigenvalue weighted by molar-refractivity contribution is -0.137. The number of urea groups is 1. The number of nitrogen functional groups attached to an aromatic ring is 1. The molecule has 0 aliphatic carbocycles. The van der Waals surface area contributed by atoms with E-state index < -0.39 is 23.7 Å². The van der Waals surface area contributed by atoms with E-state index in [1.165, 1.54) is 21.9 Å². The fourth-order valence-corrected chi connectivity index (χ4v) is 3.81. The first-order valence-corrected chi connectivity index (χ1v) is 10.3. The van der Waals surface area contributed by atoms with Crippen LogP contribution in [0.5, 0.6) is 0 Å². The Morgan fingerprint density at radius 1 is 1.18 bits per heavy atom. The summed E-state index contributed by atoms with van der Waals surface area (Å²) >= 11 is 0. The minimum Gasteiger partial charge on any atom is -0.368 e. The molecule has 1 unspecified atom stereocenters. The molecule has 176 valence electrons. The van der Waals surface area contributed by atoms with E-state index in [9.17, 15) is 22.8 Å². The highest BCUT2D eigenvalue weighted by molar-refractivity contribution is 6.08. The minimum absolute atomic E-state index is 0.0505. The topological polar surface area (TPSA) is 104 Å². The molecule has 0 bridgehead atoms. The van der Waals surface area contributed by atoms with Crippen LogP contribution in [0.4, 0.5) is 41.1 Å². The van der Waals surface area contributed by atoms with Crippen molar-refractivity contribution < 1.29 is 22.8 Å². The molecule has 0 radical (unpaired) electrons. The van der Waals surface area contributed by atoms with Gasteiger partial charge in [-0.25, -0.2) is 9.78 Å². The van der Waals surface area contributed by atoms with Crippen LogP contribution < -0.4 is 20.9 Å². The van der Waals surface area contributed by atoms with Gasteiger partial charge in [0, 0.05) is 30.1 Å². The molecule has 11 heteroatoms. The maximum absolute atomic E-state index is 13.2. The third kappa shape index (κ3) is 4.12. The Kier molecular flexibility index (Phi) is 5.64. The van der Waals surface area contributed by atoms with Crippen LogP contribution >= 0.6 is 0 Å². The number of hydrogen-bond donors (Lipinski definition) is 2. The summed E-state index contributed by atoms with van der Waals surface area (Å²) < 4.78 is 39.0. The van der Waals surface area contributed by atoms with Crippen molar-refractivity contribution in [2.24, 2.45) is 0 Å². The first kappa shape index (κ1) is 23.0. The van der Waals surface area contributed by atoms with Gasteiger partial charge in [-0.3, -0.25) is 14.6 Å². The number of nitrogens with one attached hydrogen (secondary N) is 1. The van der Waals surface area contributed by atoms with Gasteiger partial charge < -0.3 is 11.1 Å². The lowest BCUT2D eigenvalue weighted by Gasteiger charge is -2.39. The smallest absolute Gasteiger partial charge is 0.368 e. The number of nitrogens with zero attached hydrogens (tertiary/aromatic N) is 4. The van der Waals surface area contributed by atoms with Crippen molar-refractivity contribution in [1.29, 1.82) is 0 Å². The fourth-order valence-electron chi connectivity index (χ4n) is 3.81. The fraction of sp³-hybridized carbons (Fsp3) is 0.217. The normalized spacial score (nSPS) is 15.8. The molecule has 0 fully saturated rings. The van der Waals surface area contributed by atoms with E-state index in [0.717, 1.165) is 17.7 Å². The second kappa shape index (κ2) is 8.32. The lowest BCUT2D eigenvalue weighted by Crippen LogP contribution is -2.48. The predicted molar refractivity (Wildman–Crippen MR) is 122 cm³/mol. The van der Waals surface area contributed by atoms with Crippen LogP contribution in [0, 0.1) is 6.92 Å². The maximum atomic E-state index is 13.2. The van der Waals surface area contributed by atoms with Gasteiger partial charge in [0.05, 0.1) is 17.3 Å². The molecule has 3 N–H and O–H groups in total. The predicted octanol–water partition coefficient (Wildman–Crippen LogP) is 4.78. The van der Waals surface area contributed by atoms with Crippen molar-refractivity contribution in [1.82, 2.24) is 9.97 Å². The molecule has 3 amide bonds. The number of fused-ring (bicyclic) bond motifs is 1. The standard InChI is InChI=1S/C23H21F3N6O2/c1-12-7-8-16(29-20(33)14-5-4-6-15(9-14)23(24,25)26)10-18(12)32-13(2)17-11-28-21(27)30-19(17)31(3)22(32)34/h4-11,13H,1-3H3,(H,29,33)(H2,27,28,30). The van der Waals surface area contributed by atoms with Gasteiger partial charge in [0.25, 0.3) is 5.91 Å². The van der Waals surface area contributed by atoms with Crippen LogP contribution in [0.15, 0.2) is 48.7 Å². The molecule has 0 spiro atoms. The Balaban J connectivity index is 1.66. The van der Waals surface area contributed by atoms with Crippen molar-refractivity contribution >= 4 is 35.1 Å². The largest absolute Gasteiger partial charge is 0.416 e. The molecule has 0 saturated heterocycles. The number of halogens is 3. The highest BCUT2D eigenvalue weighted by atomic mass is 19.4. The number of carbonyl (C=O) groups is 2. The van der Waals surface area contributed by atoms with Gasteiger partial charge in [-0.05, 0) is 49.7 Å². The number of nitrogens with two attached hydrogens (primary N) is 1. The van der Waals surface area contributed by atoms with E-state index in [0.29, 0.717) is 22.8 Å². The molecule has 8 nitrogen and oxygen atoms in total. The second-order valence-electron chi connectivity index (χ2n) is 7.93. The SMILES string of the molecule is Cc1ccc(NC(=O)c2cccc(C(F)(F)F)c2)cc1N1C(=O)N(C)c2nc(N)ncc2C1C. The summed E-state index contributed by atoms with van der Waals surface area (Å²) in [6, 6.07) is 8.30. The van der Waals surface area contributed by atoms with E-state index >= 15 is 0 Å². The molecule has 1 aromatic heterocycles. The summed E-state index contributed by atoms with van der Waals surface area (Å²) in [6.45, 7) is 3.62. The Bertz CT molecular complexity index is 1290. The number of rotatable bonds is 3. The molecule has 4 rings (SSSR count). The zero-order valence-electron chi connectivity index (χ0n) is 18.5. The zero-order chi connectivity index (χ0) is 24.8. The summed E-state index contributed by atoms with van der Waals surface area (Å²) in [5.74, 6) is -0.243. The van der Waals surface area contributed by atoms with Gasteiger partial charge in [0.1, 0.15) is 5.82 Å². The third-order valence-corrected chi connectivity index (χ3v) is 5.64. The summed E-state index contributed by atoms with van der Waals surface area (Å²) in [5.41, 5.74) is 6.91. The van der Waals surface area contributed by atoms with Crippen LogP contribution in [0.3, 0.4) is 0 Å². The quantitative estimate of drug-likeness (QED) is 0.574. The number of carbonyl (C=O) groups excluding carboxylic acids is 2. The van der Waals surface area contributed by atoms with Gasteiger partial charge in [0.15, 0.2) is 0 Å². The maximum Gasteiger partial charge on any atom is 0.416 e. The summed E-state index contributed by atoms with van der Waals surface area (Å²) in [7, 11) is 1.57. The van der Waals surface area contributed by atoms with E-state index in [1.54, 1.807) is 31.4 Å². The Morgan fingerprint density at radius 3 is 2.62 bits per heavy atom. The summed E-state index contributed by atoms with van der Waals surface area (Å²) in [4.78, 5) is 37.0. The highest BCUT2D eigenvalue weighted by Crippen LogP contribution is 2.39. The number of amides is 3. The van der Waals surface area contributed by atoms with Crippen LogP contribution in [0.1, 0.15) is 40.0 Å². The molecular weight excluding hydrogens is 449 g/mol. The van der Waals surface area contributed by atoms with Gasteiger partial charge >= 0.3 is 12.2 Å². The van der Waals surface area contributed by atoms with Crippen LogP contribution in [-0.2, 0) is 6.18 Å². The van der Waals surface area contributed by atoms with Crippen molar-refractivity contribution in [2.75, 3.05) is 27.9 Å². The summed E-state index contributed by atoms with van der Waals surface area (Å²) in [5, 5.41) is 2.61. The van der Waals surface area contributed by atoms with Gasteiger partial charge in [-0.1, -0.05) is 12.1 Å². The zero-order valence-corrected chi connectivity index (χ0v) is 18.5. The van der Waals surface area contributed by atoms with Gasteiger partial charge in [-0.2, -0.15) is 18.2 Å². The summed E-state index contributed by atoms with van der Waals surface area (Å²) in [6.07, 6.45) is -3.00. The van der Waals surface area contributed by atoms with Crippen LogP contribution in [-0.4, -0.2) is 29.0 Å². The number of aromatic nitrogens is 2. The second-order valence-corrected chi connectivity index (χ2v) is 7.93. The number of aryl methyl sites for hydroxylation is 1. The van der Waals surface area contributed by atoms with Crippen molar-refractivity contribution in [3.63, 3.8) is 0 Å². The molecule has 1 atom stereocenters. The van der Waals surface area contributed by atoms with Crippen molar-refractivity contribution in [3.05, 3.63) is 70.9 Å². The molecule has 1 aliphatic heterocycles. The molecule has 34 heavy (non-hydrogen) atoms. The third-order valence-electron chi connectivity index (χ3n) is 5.64. The average Bonchev–Trinajstić information content (AvgIpc) is 2.79. The van der Waals surface area contributed by atoms with Crippen LogP contribution in [0.25, 0.3) is 0 Å². The van der Waals surface area contributed by atoms with E-state index in [2.05, 4.69) is 15.3 Å². The Labute approximate surface area is 193 Å². The number of benzene rings is 2. The van der Waals surface area contributed by atoms with E-state index in [1.807, 2.05) is 13.8 Å². The molecule has 3 aromatic rings. The van der Waals surface area contributed by atoms with Crippen molar-refractivity contribution in [2.45, 2.75) is 26.1 Å². The minimum atomic E-state index is -4.56. The first-order chi connectivity index (χ1) is 16.0. The number of hydrogen-bond acceptors (Lipinski definition) is 5. The number of alkyl halides is 3. The molecule has 1 aliphatic rings. The lowest BCUT2D eigenvalue weighted by atomic mass is 10.0. The molecular formula is C23H21F3N6O2. The van der Waals surface area contributed by atoms with Gasteiger partial charge in [-0.15, -0.1) is 0 Å². The van der Waals surface area contributed by atoms with E-state index in [-0.39, 0.29) is 17.5 Å². The van der Waals surface area contributed by atoms with Crippen molar-refractivity contribution in [3.8, 4) is 0 Å². The Hall–Kier alpha value is -4.15. The molecule has 2 heterocycles.